The number of rotatable bonds is 12. The van der Waals surface area contributed by atoms with Crippen LogP contribution >= 0.6 is 0 Å². The number of ether oxygens (including phenoxy) is 6. The standard InChI is InChI=1S/C28H37N3O8/c1-34-21-13-19(14-22(35-2)27(21)38-5)7-8-26(33)31-11-9-30(10-12-31)18-25(32)29-17-20-15-23(36-3)28(39-6)24(16-20)37-4/h7-8,13-16H,9-12,17-18H2,1-6H3,(H,29,32). The van der Waals surface area contributed by atoms with Crippen LogP contribution in [0.5, 0.6) is 34.5 Å². The molecule has 0 unspecified atom stereocenters. The summed E-state index contributed by atoms with van der Waals surface area (Å²) in [7, 11) is 9.27. The van der Waals surface area contributed by atoms with E-state index in [1.807, 2.05) is 4.90 Å². The van der Waals surface area contributed by atoms with Gasteiger partial charge in [-0.25, -0.2) is 0 Å². The number of benzene rings is 2. The minimum absolute atomic E-state index is 0.102. The smallest absolute Gasteiger partial charge is 0.246 e. The molecule has 1 aliphatic rings. The summed E-state index contributed by atoms with van der Waals surface area (Å²) in [4.78, 5) is 29.1. The third-order valence-corrected chi connectivity index (χ3v) is 6.37. The third-order valence-electron chi connectivity index (χ3n) is 6.37. The van der Waals surface area contributed by atoms with Crippen LogP contribution in [0.1, 0.15) is 11.1 Å². The van der Waals surface area contributed by atoms with Gasteiger partial charge in [-0.1, -0.05) is 0 Å². The fourth-order valence-corrected chi connectivity index (χ4v) is 4.29. The maximum atomic E-state index is 12.8. The van der Waals surface area contributed by atoms with Crippen molar-refractivity contribution in [1.82, 2.24) is 15.1 Å². The first-order valence-electron chi connectivity index (χ1n) is 12.4. The van der Waals surface area contributed by atoms with Crippen molar-refractivity contribution in [1.29, 1.82) is 0 Å². The average Bonchev–Trinajstić information content (AvgIpc) is 2.97. The first-order chi connectivity index (χ1) is 18.9. The van der Waals surface area contributed by atoms with Gasteiger partial charge in [-0.3, -0.25) is 14.5 Å². The molecule has 1 fully saturated rings. The van der Waals surface area contributed by atoms with Gasteiger partial charge < -0.3 is 38.6 Å². The number of carbonyl (C=O) groups is 2. The van der Waals surface area contributed by atoms with Gasteiger partial charge in [0.1, 0.15) is 0 Å². The molecular weight excluding hydrogens is 506 g/mol. The fourth-order valence-electron chi connectivity index (χ4n) is 4.29. The molecule has 1 saturated heterocycles. The highest BCUT2D eigenvalue weighted by Crippen LogP contribution is 2.39. The van der Waals surface area contributed by atoms with Crippen molar-refractivity contribution in [3.05, 3.63) is 41.5 Å². The Hall–Kier alpha value is -4.12. The van der Waals surface area contributed by atoms with Gasteiger partial charge >= 0.3 is 0 Å². The van der Waals surface area contributed by atoms with Crippen LogP contribution in [0.3, 0.4) is 0 Å². The van der Waals surface area contributed by atoms with Crippen LogP contribution in [0.25, 0.3) is 6.08 Å². The Labute approximate surface area is 229 Å². The van der Waals surface area contributed by atoms with Crippen LogP contribution in [-0.2, 0) is 16.1 Å². The van der Waals surface area contributed by atoms with Gasteiger partial charge in [-0.05, 0) is 41.5 Å². The molecule has 0 saturated carbocycles. The van der Waals surface area contributed by atoms with Crippen LogP contribution < -0.4 is 33.7 Å². The topological polar surface area (TPSA) is 108 Å². The van der Waals surface area contributed by atoms with Crippen LogP contribution in [0, 0.1) is 0 Å². The van der Waals surface area contributed by atoms with Crippen LogP contribution in [0.15, 0.2) is 30.3 Å². The van der Waals surface area contributed by atoms with Gasteiger partial charge in [0.25, 0.3) is 0 Å². The number of hydrogen-bond donors (Lipinski definition) is 1. The van der Waals surface area contributed by atoms with E-state index in [1.54, 1.807) is 77.9 Å². The molecule has 1 heterocycles. The SMILES string of the molecule is COc1cc(C=CC(=O)N2CCN(CC(=O)NCc3cc(OC)c(OC)c(OC)c3)CC2)cc(OC)c1OC. The summed E-state index contributed by atoms with van der Waals surface area (Å²) in [5, 5.41) is 2.93. The summed E-state index contributed by atoms with van der Waals surface area (Å²) < 4.78 is 32.2. The second kappa shape index (κ2) is 14.1. The second-order valence-corrected chi connectivity index (χ2v) is 8.70. The molecule has 2 amide bonds. The lowest BCUT2D eigenvalue weighted by Crippen LogP contribution is -2.50. The van der Waals surface area contributed by atoms with E-state index in [9.17, 15) is 9.59 Å². The molecule has 0 aliphatic carbocycles. The van der Waals surface area contributed by atoms with Crippen LogP contribution in [0.2, 0.25) is 0 Å². The summed E-state index contributed by atoms with van der Waals surface area (Å²) in [6.07, 6.45) is 3.25. The summed E-state index contributed by atoms with van der Waals surface area (Å²) in [6.45, 7) is 2.81. The highest BCUT2D eigenvalue weighted by atomic mass is 16.5. The van der Waals surface area contributed by atoms with E-state index in [4.69, 9.17) is 28.4 Å². The Morgan fingerprint density at radius 2 is 1.23 bits per heavy atom. The first-order valence-corrected chi connectivity index (χ1v) is 12.4. The minimum atomic E-state index is -0.106. The molecule has 1 aliphatic heterocycles. The maximum absolute atomic E-state index is 12.8. The Kier molecular flexibility index (Phi) is 10.7. The van der Waals surface area contributed by atoms with E-state index in [2.05, 4.69) is 5.32 Å². The lowest BCUT2D eigenvalue weighted by molar-refractivity contribution is -0.128. The van der Waals surface area contributed by atoms with Crippen LogP contribution in [0.4, 0.5) is 0 Å². The Bertz CT molecular complexity index is 1130. The van der Waals surface area contributed by atoms with E-state index >= 15 is 0 Å². The quantitative estimate of drug-likeness (QED) is 0.403. The maximum Gasteiger partial charge on any atom is 0.246 e. The lowest BCUT2D eigenvalue weighted by Gasteiger charge is -2.33. The van der Waals surface area contributed by atoms with Gasteiger partial charge in [-0.15, -0.1) is 0 Å². The van der Waals surface area contributed by atoms with E-state index in [0.717, 1.165) is 11.1 Å². The second-order valence-electron chi connectivity index (χ2n) is 8.70. The van der Waals surface area contributed by atoms with Crippen molar-refractivity contribution in [2.75, 3.05) is 75.4 Å². The van der Waals surface area contributed by atoms with Crippen molar-refractivity contribution in [2.24, 2.45) is 0 Å². The summed E-state index contributed by atoms with van der Waals surface area (Å²) in [5.74, 6) is 2.87. The Morgan fingerprint density at radius 3 is 1.69 bits per heavy atom. The number of amides is 2. The van der Waals surface area contributed by atoms with Gasteiger partial charge in [-0.2, -0.15) is 0 Å². The fraction of sp³-hybridized carbons (Fsp3) is 0.429. The molecule has 0 radical (unpaired) electrons. The number of nitrogens with one attached hydrogen (secondary N) is 1. The zero-order valence-electron chi connectivity index (χ0n) is 23.4. The molecule has 11 heteroatoms. The highest BCUT2D eigenvalue weighted by Gasteiger charge is 2.22. The number of nitrogens with zero attached hydrogens (tertiary/aromatic N) is 2. The molecular formula is C28H37N3O8. The molecule has 2 aromatic rings. The molecule has 3 rings (SSSR count). The highest BCUT2D eigenvalue weighted by molar-refractivity contribution is 5.92. The van der Waals surface area contributed by atoms with Gasteiger partial charge in [0, 0.05) is 38.8 Å². The first kappa shape index (κ1) is 29.4. The molecule has 2 aromatic carbocycles. The predicted octanol–water partition coefficient (Wildman–Crippen LogP) is 2.21. The largest absolute Gasteiger partial charge is 0.493 e. The third kappa shape index (κ3) is 7.47. The van der Waals surface area contributed by atoms with Crippen molar-refractivity contribution >= 4 is 17.9 Å². The van der Waals surface area contributed by atoms with E-state index in [-0.39, 0.29) is 18.4 Å². The lowest BCUT2D eigenvalue weighted by atomic mass is 10.1. The molecule has 0 spiro atoms. The minimum Gasteiger partial charge on any atom is -0.493 e. The summed E-state index contributed by atoms with van der Waals surface area (Å²) in [5.41, 5.74) is 1.58. The molecule has 0 aromatic heterocycles. The van der Waals surface area contributed by atoms with Gasteiger partial charge in [0.2, 0.25) is 23.3 Å². The average molecular weight is 544 g/mol. The summed E-state index contributed by atoms with van der Waals surface area (Å²) in [6, 6.07) is 7.16. The number of carbonyl (C=O) groups excluding carboxylic acids is 2. The van der Waals surface area contributed by atoms with E-state index in [1.165, 1.54) is 6.08 Å². The van der Waals surface area contributed by atoms with Gasteiger partial charge in [0.05, 0.1) is 49.2 Å². The summed E-state index contributed by atoms with van der Waals surface area (Å²) >= 11 is 0. The Balaban J connectivity index is 1.50. The van der Waals surface area contributed by atoms with E-state index in [0.29, 0.717) is 67.2 Å². The monoisotopic (exact) mass is 543 g/mol. The molecule has 11 nitrogen and oxygen atoms in total. The zero-order valence-corrected chi connectivity index (χ0v) is 23.4. The predicted molar refractivity (Wildman–Crippen MR) is 146 cm³/mol. The Morgan fingerprint density at radius 1 is 0.744 bits per heavy atom. The number of hydrogen-bond acceptors (Lipinski definition) is 9. The molecule has 39 heavy (non-hydrogen) atoms. The number of methoxy groups -OCH3 is 6. The van der Waals surface area contributed by atoms with Crippen LogP contribution in [-0.4, -0.2) is 97.0 Å². The zero-order chi connectivity index (χ0) is 28.4. The molecule has 0 bridgehead atoms. The molecule has 1 N–H and O–H groups in total. The van der Waals surface area contributed by atoms with Crippen molar-refractivity contribution in [3.63, 3.8) is 0 Å². The normalized spacial score (nSPS) is 13.6. The molecule has 0 atom stereocenters. The van der Waals surface area contributed by atoms with Crippen molar-refractivity contribution < 1.29 is 38.0 Å². The van der Waals surface area contributed by atoms with Crippen molar-refractivity contribution in [2.45, 2.75) is 6.54 Å². The van der Waals surface area contributed by atoms with Crippen molar-refractivity contribution in [3.8, 4) is 34.5 Å². The van der Waals surface area contributed by atoms with Gasteiger partial charge in [0.15, 0.2) is 23.0 Å². The number of piperazine rings is 1. The molecule has 212 valence electrons. The van der Waals surface area contributed by atoms with E-state index < -0.39 is 0 Å².